The molecule has 1 aliphatic rings. The normalized spacial score (nSPS) is 12.6. The van der Waals surface area contributed by atoms with E-state index in [1.54, 1.807) is 0 Å². The summed E-state index contributed by atoms with van der Waals surface area (Å²) in [7, 11) is 0. The van der Waals surface area contributed by atoms with E-state index < -0.39 is 0 Å². The summed E-state index contributed by atoms with van der Waals surface area (Å²) in [6, 6.07) is 78.5. The molecule has 0 spiro atoms. The average molecular weight is 779 g/mol. The molecule has 0 unspecified atom stereocenters. The lowest BCUT2D eigenvalue weighted by atomic mass is 9.78. The molecule has 11 rings (SSSR count). The molecule has 10 aromatic rings. The number of nitrogens with zero attached hydrogens (tertiary/aromatic N) is 2. The molecule has 2 heteroatoms. The monoisotopic (exact) mass is 778 g/mol. The molecule has 9 aromatic carbocycles. The zero-order chi connectivity index (χ0) is 40.9. The fourth-order valence-electron chi connectivity index (χ4n) is 9.48. The number of aromatic nitrogens is 2. The van der Waals surface area contributed by atoms with Gasteiger partial charge in [-0.2, -0.15) is 0 Å². The molecule has 0 atom stereocenters. The minimum absolute atomic E-state index is 0.0759. The highest BCUT2D eigenvalue weighted by Gasteiger charge is 2.37. The quantitative estimate of drug-likeness (QED) is 0.161. The Hall–Kier alpha value is -7.68. The summed E-state index contributed by atoms with van der Waals surface area (Å²) in [5.74, 6) is 0.707. The van der Waals surface area contributed by atoms with Gasteiger partial charge in [-0.25, -0.2) is 9.97 Å². The predicted molar refractivity (Wildman–Crippen MR) is 255 cm³/mol. The van der Waals surface area contributed by atoms with Crippen LogP contribution in [0.15, 0.2) is 218 Å². The summed E-state index contributed by atoms with van der Waals surface area (Å²) in [5.41, 5.74) is 20.0. The first-order chi connectivity index (χ1) is 30.0. The fourth-order valence-corrected chi connectivity index (χ4v) is 9.48. The molecule has 0 saturated heterocycles. The topological polar surface area (TPSA) is 25.8 Å². The maximum Gasteiger partial charge on any atom is 0.160 e. The van der Waals surface area contributed by atoms with Crippen LogP contribution >= 0.6 is 0 Å². The van der Waals surface area contributed by atoms with Crippen LogP contribution in [0.4, 0.5) is 0 Å². The Kier molecular flexibility index (Phi) is 8.86. The van der Waals surface area contributed by atoms with E-state index in [1.807, 2.05) is 24.3 Å². The summed E-state index contributed by atoms with van der Waals surface area (Å²) in [5, 5.41) is 2.34. The molecule has 1 aromatic heterocycles. The summed E-state index contributed by atoms with van der Waals surface area (Å²) in [6.45, 7) is 4.72. The second kappa shape index (κ2) is 14.9. The highest BCUT2D eigenvalue weighted by atomic mass is 14.9. The van der Waals surface area contributed by atoms with Crippen molar-refractivity contribution >= 4 is 10.8 Å². The van der Waals surface area contributed by atoms with Crippen LogP contribution < -0.4 is 0 Å². The molecule has 2 nitrogen and oxygen atoms in total. The third-order valence-corrected chi connectivity index (χ3v) is 12.5. The van der Waals surface area contributed by atoms with Gasteiger partial charge >= 0.3 is 0 Å². The predicted octanol–water partition coefficient (Wildman–Crippen LogP) is 15.6. The van der Waals surface area contributed by atoms with E-state index in [-0.39, 0.29) is 5.41 Å². The summed E-state index contributed by atoms with van der Waals surface area (Å²) in [6.07, 6.45) is 0. The lowest BCUT2D eigenvalue weighted by molar-refractivity contribution is 0.662. The van der Waals surface area contributed by atoms with Crippen molar-refractivity contribution in [3.05, 3.63) is 230 Å². The second-order valence-corrected chi connectivity index (χ2v) is 16.5. The first-order valence-corrected chi connectivity index (χ1v) is 21.1. The average Bonchev–Trinajstić information content (AvgIpc) is 3.57. The Morgan fingerprint density at radius 2 is 0.787 bits per heavy atom. The smallest absolute Gasteiger partial charge is 0.160 e. The van der Waals surface area contributed by atoms with Crippen molar-refractivity contribution in [1.82, 2.24) is 9.97 Å². The van der Waals surface area contributed by atoms with Crippen LogP contribution in [0.25, 0.3) is 100 Å². The molecule has 1 aliphatic carbocycles. The van der Waals surface area contributed by atoms with Crippen LogP contribution in [0.2, 0.25) is 0 Å². The molecular weight excluding hydrogens is 737 g/mol. The van der Waals surface area contributed by atoms with Crippen LogP contribution in [0.3, 0.4) is 0 Å². The molecule has 0 aliphatic heterocycles. The fraction of sp³-hybridized carbons (Fsp3) is 0.0508. The molecule has 0 bridgehead atoms. The van der Waals surface area contributed by atoms with E-state index in [1.165, 1.54) is 72.1 Å². The van der Waals surface area contributed by atoms with Crippen LogP contribution in [-0.2, 0) is 5.41 Å². The van der Waals surface area contributed by atoms with E-state index in [9.17, 15) is 0 Å². The Morgan fingerprint density at radius 3 is 1.54 bits per heavy atom. The zero-order valence-electron chi connectivity index (χ0n) is 34.2. The third kappa shape index (κ3) is 6.45. The molecule has 1 heterocycles. The maximum absolute atomic E-state index is 5.22. The van der Waals surface area contributed by atoms with E-state index in [2.05, 4.69) is 208 Å². The van der Waals surface area contributed by atoms with Gasteiger partial charge in [0.2, 0.25) is 0 Å². The SMILES string of the molecule is CC1(C)c2ccccc2-c2cccc(-c3cccc(-c4ccc(-c5ccc(-c6cc(-c7ccc(-c8ccccc8)cc7)nc(-c7ccccc7)n6)c6ccccc56)cc4)c3)c21. The van der Waals surface area contributed by atoms with Gasteiger partial charge in [-0.15, -0.1) is 0 Å². The number of fused-ring (bicyclic) bond motifs is 4. The molecule has 288 valence electrons. The Labute approximate surface area is 357 Å². The van der Waals surface area contributed by atoms with E-state index in [0.717, 1.165) is 33.5 Å². The van der Waals surface area contributed by atoms with Crippen LogP contribution in [0, 0.1) is 0 Å². The minimum Gasteiger partial charge on any atom is -0.228 e. The zero-order valence-corrected chi connectivity index (χ0v) is 34.2. The molecule has 0 N–H and O–H groups in total. The van der Waals surface area contributed by atoms with Gasteiger partial charge in [0.25, 0.3) is 0 Å². The Balaban J connectivity index is 0.947. The van der Waals surface area contributed by atoms with Gasteiger partial charge in [-0.05, 0) is 89.7 Å². The molecule has 0 radical (unpaired) electrons. The number of benzene rings is 9. The third-order valence-electron chi connectivity index (χ3n) is 12.5. The van der Waals surface area contributed by atoms with Crippen molar-refractivity contribution < 1.29 is 0 Å². The Bertz CT molecular complexity index is 3240. The van der Waals surface area contributed by atoms with Gasteiger partial charge in [0, 0.05) is 22.1 Å². The summed E-state index contributed by atoms with van der Waals surface area (Å²) in [4.78, 5) is 10.3. The van der Waals surface area contributed by atoms with Crippen molar-refractivity contribution in [2.45, 2.75) is 19.3 Å². The summed E-state index contributed by atoms with van der Waals surface area (Å²) >= 11 is 0. The largest absolute Gasteiger partial charge is 0.228 e. The summed E-state index contributed by atoms with van der Waals surface area (Å²) < 4.78 is 0. The van der Waals surface area contributed by atoms with Gasteiger partial charge < -0.3 is 0 Å². The lowest BCUT2D eigenvalue weighted by Gasteiger charge is -2.24. The first-order valence-electron chi connectivity index (χ1n) is 21.1. The van der Waals surface area contributed by atoms with Gasteiger partial charge in [0.15, 0.2) is 5.82 Å². The Morgan fingerprint density at radius 1 is 0.295 bits per heavy atom. The number of hydrogen-bond donors (Lipinski definition) is 0. The van der Waals surface area contributed by atoms with Crippen molar-refractivity contribution in [2.75, 3.05) is 0 Å². The number of rotatable bonds is 7. The van der Waals surface area contributed by atoms with Crippen LogP contribution in [-0.4, -0.2) is 9.97 Å². The molecule has 0 saturated carbocycles. The van der Waals surface area contributed by atoms with Crippen molar-refractivity contribution in [3.8, 4) is 89.5 Å². The molecule has 0 amide bonds. The second-order valence-electron chi connectivity index (χ2n) is 16.5. The van der Waals surface area contributed by atoms with Crippen molar-refractivity contribution in [2.24, 2.45) is 0 Å². The van der Waals surface area contributed by atoms with Gasteiger partial charge in [0.1, 0.15) is 0 Å². The standard InChI is InChI=1S/C59H42N2/c1-59(2)54-26-12-11-23-51(54)53-25-14-24-48(57(53)59)46-20-13-19-45(37-46)41-27-31-42(32-28-41)47-35-36-52(50-22-10-9-21-49(47)50)56-38-55(60-58(61-56)44-17-7-4-8-18-44)43-33-29-40(30-34-43)39-15-5-3-6-16-39/h3-38H,1-2H3. The molecule has 61 heavy (non-hydrogen) atoms. The van der Waals surface area contributed by atoms with Crippen molar-refractivity contribution in [1.29, 1.82) is 0 Å². The van der Waals surface area contributed by atoms with E-state index >= 15 is 0 Å². The van der Waals surface area contributed by atoms with Crippen LogP contribution in [0.1, 0.15) is 25.0 Å². The van der Waals surface area contributed by atoms with E-state index in [4.69, 9.17) is 9.97 Å². The molecular formula is C59H42N2. The van der Waals surface area contributed by atoms with Crippen molar-refractivity contribution in [3.63, 3.8) is 0 Å². The minimum atomic E-state index is -0.0759. The van der Waals surface area contributed by atoms with Gasteiger partial charge in [-0.3, -0.25) is 0 Å². The van der Waals surface area contributed by atoms with E-state index in [0.29, 0.717) is 5.82 Å². The van der Waals surface area contributed by atoms with Gasteiger partial charge in [0.05, 0.1) is 11.4 Å². The molecule has 0 fully saturated rings. The highest BCUT2D eigenvalue weighted by molar-refractivity contribution is 6.05. The lowest BCUT2D eigenvalue weighted by Crippen LogP contribution is -2.16. The van der Waals surface area contributed by atoms with Gasteiger partial charge in [-0.1, -0.05) is 220 Å². The highest BCUT2D eigenvalue weighted by Crippen LogP contribution is 2.52. The van der Waals surface area contributed by atoms with Crippen LogP contribution in [0.5, 0.6) is 0 Å². The first kappa shape index (κ1) is 36.4. The maximum atomic E-state index is 5.22. The number of hydrogen-bond acceptors (Lipinski definition) is 2.